The van der Waals surface area contributed by atoms with Gasteiger partial charge in [0.2, 0.25) is 11.8 Å². The van der Waals surface area contributed by atoms with Crippen molar-refractivity contribution in [3.8, 4) is 0 Å². The average Bonchev–Trinajstić information content (AvgIpc) is 3.44. The second-order valence-corrected chi connectivity index (χ2v) is 7.89. The summed E-state index contributed by atoms with van der Waals surface area (Å²) in [6.45, 7) is 3.11. The number of carbonyl (C=O) groups is 3. The molecule has 0 aromatic heterocycles. The lowest BCUT2D eigenvalue weighted by Gasteiger charge is -2.35. The van der Waals surface area contributed by atoms with Crippen molar-refractivity contribution < 1.29 is 18.8 Å². The summed E-state index contributed by atoms with van der Waals surface area (Å²) in [5.74, 6) is 0.117. The number of rotatable bonds is 4. The summed E-state index contributed by atoms with van der Waals surface area (Å²) in [4.78, 5) is 42.5. The van der Waals surface area contributed by atoms with Gasteiger partial charge in [0.15, 0.2) is 0 Å². The quantitative estimate of drug-likeness (QED) is 0.854. The number of nitrogens with zero attached hydrogens (tertiary/aromatic N) is 3. The molecule has 150 valence electrons. The van der Waals surface area contributed by atoms with Crippen LogP contribution in [-0.4, -0.2) is 71.8 Å². The van der Waals surface area contributed by atoms with Crippen LogP contribution in [0.4, 0.5) is 14.9 Å². The lowest BCUT2D eigenvalue weighted by molar-refractivity contribution is -0.137. The van der Waals surface area contributed by atoms with Crippen LogP contribution in [0.25, 0.3) is 0 Å². The molecule has 2 heterocycles. The van der Waals surface area contributed by atoms with Crippen LogP contribution in [0.2, 0.25) is 0 Å². The number of hydrogen-bond donors (Lipinski definition) is 1. The van der Waals surface area contributed by atoms with E-state index in [1.54, 1.807) is 9.80 Å². The second kappa shape index (κ2) is 7.77. The lowest BCUT2D eigenvalue weighted by Crippen LogP contribution is -2.53. The van der Waals surface area contributed by atoms with E-state index in [-0.39, 0.29) is 29.6 Å². The Morgan fingerprint density at radius 1 is 1.04 bits per heavy atom. The van der Waals surface area contributed by atoms with E-state index in [2.05, 4.69) is 5.32 Å². The summed E-state index contributed by atoms with van der Waals surface area (Å²) in [6.07, 6.45) is 2.67. The third-order valence-corrected chi connectivity index (χ3v) is 5.71. The normalized spacial score (nSPS) is 22.5. The molecule has 3 fully saturated rings. The fourth-order valence-corrected chi connectivity index (χ4v) is 3.85. The van der Waals surface area contributed by atoms with Crippen molar-refractivity contribution in [3.05, 3.63) is 30.1 Å². The minimum Gasteiger partial charge on any atom is -0.342 e. The molecule has 1 aromatic rings. The van der Waals surface area contributed by atoms with Crippen LogP contribution >= 0.6 is 0 Å². The molecule has 2 saturated heterocycles. The highest BCUT2D eigenvalue weighted by atomic mass is 19.1. The summed E-state index contributed by atoms with van der Waals surface area (Å²) in [7, 11) is 0. The Kier molecular flexibility index (Phi) is 5.19. The molecule has 0 radical (unpaired) electrons. The van der Waals surface area contributed by atoms with Gasteiger partial charge >= 0.3 is 6.03 Å². The number of piperazine rings is 1. The van der Waals surface area contributed by atoms with Crippen molar-refractivity contribution in [2.45, 2.75) is 19.3 Å². The largest absolute Gasteiger partial charge is 0.342 e. The zero-order valence-electron chi connectivity index (χ0n) is 15.8. The zero-order valence-corrected chi connectivity index (χ0v) is 15.8. The average molecular weight is 388 g/mol. The second-order valence-electron chi connectivity index (χ2n) is 7.89. The van der Waals surface area contributed by atoms with E-state index >= 15 is 0 Å². The number of anilines is 1. The number of nitrogens with one attached hydrogen (secondary N) is 1. The van der Waals surface area contributed by atoms with Gasteiger partial charge in [-0.1, -0.05) is 0 Å². The molecule has 4 rings (SSSR count). The molecule has 0 unspecified atom stereocenters. The fourth-order valence-electron chi connectivity index (χ4n) is 3.85. The van der Waals surface area contributed by atoms with Gasteiger partial charge in [0.05, 0.1) is 5.92 Å². The van der Waals surface area contributed by atoms with Gasteiger partial charge in [-0.15, -0.1) is 0 Å². The van der Waals surface area contributed by atoms with Crippen LogP contribution in [0.15, 0.2) is 24.3 Å². The fraction of sp³-hybridized carbons (Fsp3) is 0.550. The molecule has 2 aliphatic heterocycles. The minimum absolute atomic E-state index is 0.0187. The Balaban J connectivity index is 1.25. The monoisotopic (exact) mass is 388 g/mol. The molecule has 1 aliphatic carbocycles. The number of halogens is 1. The Bertz CT molecular complexity index is 757. The highest BCUT2D eigenvalue weighted by Crippen LogP contribution is 2.32. The highest BCUT2D eigenvalue weighted by Gasteiger charge is 2.39. The summed E-state index contributed by atoms with van der Waals surface area (Å²) in [5, 5.41) is 2.74. The maximum Gasteiger partial charge on any atom is 0.321 e. The first-order chi connectivity index (χ1) is 13.5. The molecule has 0 bridgehead atoms. The number of benzene rings is 1. The van der Waals surface area contributed by atoms with Gasteiger partial charge in [-0.2, -0.15) is 0 Å². The molecule has 3 aliphatic rings. The number of amides is 4. The topological polar surface area (TPSA) is 73.0 Å². The number of urea groups is 1. The summed E-state index contributed by atoms with van der Waals surface area (Å²) >= 11 is 0. The SMILES string of the molecule is O=C1C[C@H](C(=O)N2CCN(C(=O)Nc3ccc(F)cc3)CC2)CN1CC1CC1. The third kappa shape index (κ3) is 4.26. The molecule has 1 saturated carbocycles. The first-order valence-electron chi connectivity index (χ1n) is 9.87. The third-order valence-electron chi connectivity index (χ3n) is 5.71. The van der Waals surface area contributed by atoms with Gasteiger partial charge in [0.1, 0.15) is 5.82 Å². The van der Waals surface area contributed by atoms with Crippen molar-refractivity contribution in [1.29, 1.82) is 0 Å². The number of carbonyl (C=O) groups excluding carboxylic acids is 3. The van der Waals surface area contributed by atoms with E-state index in [1.165, 1.54) is 37.1 Å². The molecule has 28 heavy (non-hydrogen) atoms. The van der Waals surface area contributed by atoms with E-state index in [4.69, 9.17) is 0 Å². The smallest absolute Gasteiger partial charge is 0.321 e. The maximum atomic E-state index is 13.0. The molecular weight excluding hydrogens is 363 g/mol. The summed E-state index contributed by atoms with van der Waals surface area (Å²) in [5.41, 5.74) is 0.533. The molecule has 0 spiro atoms. The maximum absolute atomic E-state index is 13.0. The molecule has 7 nitrogen and oxygen atoms in total. The van der Waals surface area contributed by atoms with Gasteiger partial charge in [0.25, 0.3) is 0 Å². The number of likely N-dealkylation sites (tertiary alicyclic amines) is 1. The van der Waals surface area contributed by atoms with Crippen LogP contribution in [0.3, 0.4) is 0 Å². The Hall–Kier alpha value is -2.64. The first kappa shape index (κ1) is 18.7. The predicted octanol–water partition coefficient (Wildman–Crippen LogP) is 1.76. The Morgan fingerprint density at radius 3 is 2.32 bits per heavy atom. The van der Waals surface area contributed by atoms with E-state index < -0.39 is 0 Å². The van der Waals surface area contributed by atoms with Crippen LogP contribution in [0, 0.1) is 17.7 Å². The predicted molar refractivity (Wildman–Crippen MR) is 101 cm³/mol. The first-order valence-corrected chi connectivity index (χ1v) is 9.87. The lowest BCUT2D eigenvalue weighted by atomic mass is 10.1. The molecule has 1 atom stereocenters. The summed E-state index contributed by atoms with van der Waals surface area (Å²) < 4.78 is 13.0. The van der Waals surface area contributed by atoms with Gasteiger partial charge in [0, 0.05) is 51.4 Å². The van der Waals surface area contributed by atoms with E-state index in [0.29, 0.717) is 50.7 Å². The summed E-state index contributed by atoms with van der Waals surface area (Å²) in [6, 6.07) is 5.35. The standard InChI is InChI=1S/C20H25FN4O3/c21-16-3-5-17(6-4-16)22-20(28)24-9-7-23(8-10-24)19(27)15-11-18(26)25(13-15)12-14-1-2-14/h3-6,14-15H,1-2,7-13H2,(H,22,28)/t15-/m0/s1. The molecular formula is C20H25FN4O3. The van der Waals surface area contributed by atoms with E-state index in [1.807, 2.05) is 4.90 Å². The van der Waals surface area contributed by atoms with Gasteiger partial charge in [-0.05, 0) is 43.0 Å². The van der Waals surface area contributed by atoms with Crippen molar-refractivity contribution >= 4 is 23.5 Å². The number of hydrogen-bond acceptors (Lipinski definition) is 3. The van der Waals surface area contributed by atoms with Crippen molar-refractivity contribution in [2.75, 3.05) is 44.6 Å². The molecule has 8 heteroatoms. The van der Waals surface area contributed by atoms with Crippen molar-refractivity contribution in [2.24, 2.45) is 11.8 Å². The molecule has 4 amide bonds. The van der Waals surface area contributed by atoms with E-state index in [9.17, 15) is 18.8 Å². The van der Waals surface area contributed by atoms with Gasteiger partial charge < -0.3 is 20.0 Å². The van der Waals surface area contributed by atoms with Gasteiger partial charge in [-0.25, -0.2) is 9.18 Å². The Labute approximate surface area is 163 Å². The minimum atomic E-state index is -0.355. The zero-order chi connectivity index (χ0) is 19.7. The van der Waals surface area contributed by atoms with Crippen LogP contribution in [0.1, 0.15) is 19.3 Å². The van der Waals surface area contributed by atoms with E-state index in [0.717, 1.165) is 6.54 Å². The van der Waals surface area contributed by atoms with Crippen LogP contribution < -0.4 is 5.32 Å². The van der Waals surface area contributed by atoms with Crippen molar-refractivity contribution in [1.82, 2.24) is 14.7 Å². The van der Waals surface area contributed by atoms with Crippen LogP contribution in [-0.2, 0) is 9.59 Å². The van der Waals surface area contributed by atoms with Gasteiger partial charge in [-0.3, -0.25) is 9.59 Å². The highest BCUT2D eigenvalue weighted by molar-refractivity contribution is 5.91. The van der Waals surface area contributed by atoms with Crippen molar-refractivity contribution in [3.63, 3.8) is 0 Å². The van der Waals surface area contributed by atoms with Crippen LogP contribution in [0.5, 0.6) is 0 Å². The Morgan fingerprint density at radius 2 is 1.68 bits per heavy atom. The molecule has 1 aromatic carbocycles. The molecule has 1 N–H and O–H groups in total.